The van der Waals surface area contributed by atoms with Crippen LogP contribution in [0.4, 0.5) is 0 Å². The fourth-order valence-corrected chi connectivity index (χ4v) is 3.09. The first-order valence-electron chi connectivity index (χ1n) is 6.42. The molecule has 1 aliphatic rings. The van der Waals surface area contributed by atoms with Crippen molar-refractivity contribution in [2.75, 3.05) is 6.61 Å². The molecule has 104 valence electrons. The third kappa shape index (κ3) is 2.32. The molecule has 0 unspecified atom stereocenters. The van der Waals surface area contributed by atoms with Gasteiger partial charge in [-0.15, -0.1) is 0 Å². The lowest BCUT2D eigenvalue weighted by Crippen LogP contribution is -2.06. The molecule has 5 heteroatoms. The molecule has 0 amide bonds. The Labute approximate surface area is 127 Å². The van der Waals surface area contributed by atoms with E-state index in [1.165, 1.54) is 0 Å². The number of benzene rings is 1. The van der Waals surface area contributed by atoms with Gasteiger partial charge in [0.1, 0.15) is 18.2 Å². The van der Waals surface area contributed by atoms with Crippen LogP contribution in [0.5, 0.6) is 5.75 Å². The van der Waals surface area contributed by atoms with Gasteiger partial charge >= 0.3 is 0 Å². The highest BCUT2D eigenvalue weighted by molar-refractivity contribution is 6.42. The van der Waals surface area contributed by atoms with Gasteiger partial charge in [0.2, 0.25) is 0 Å². The molecular weight excluding hydrogens is 295 g/mol. The minimum atomic E-state index is 0.240. The predicted octanol–water partition coefficient (Wildman–Crippen LogP) is 4.09. The highest BCUT2D eigenvalue weighted by atomic mass is 35.5. The second-order valence-electron chi connectivity index (χ2n) is 4.77. The molecule has 1 aromatic heterocycles. The molecule has 20 heavy (non-hydrogen) atoms. The third-order valence-corrected chi connectivity index (χ3v) is 4.32. The van der Waals surface area contributed by atoms with Crippen molar-refractivity contribution in [2.45, 2.75) is 18.9 Å². The third-order valence-electron chi connectivity index (χ3n) is 3.51. The van der Waals surface area contributed by atoms with Crippen molar-refractivity contribution in [3.63, 3.8) is 0 Å². The van der Waals surface area contributed by atoms with Gasteiger partial charge in [-0.25, -0.2) is 4.98 Å². The molecule has 3 rings (SSSR count). The van der Waals surface area contributed by atoms with Gasteiger partial charge in [-0.2, -0.15) is 0 Å². The monoisotopic (exact) mass is 308 g/mol. The average molecular weight is 309 g/mol. The van der Waals surface area contributed by atoms with E-state index in [-0.39, 0.29) is 5.92 Å². The highest BCUT2D eigenvalue weighted by Gasteiger charge is 2.28. The van der Waals surface area contributed by atoms with Gasteiger partial charge in [0.05, 0.1) is 10.0 Å². The smallest absolute Gasteiger partial charge is 0.124 e. The van der Waals surface area contributed by atoms with Gasteiger partial charge in [-0.3, -0.25) is 0 Å². The fraction of sp³-hybridized carbons (Fsp3) is 0.267. The van der Waals surface area contributed by atoms with Crippen LogP contribution < -0.4 is 4.74 Å². The number of ether oxygens (including phenoxy) is 1. The predicted molar refractivity (Wildman–Crippen MR) is 80.8 cm³/mol. The van der Waals surface area contributed by atoms with Crippen LogP contribution in [0.15, 0.2) is 37.2 Å². The molecule has 0 aliphatic carbocycles. The van der Waals surface area contributed by atoms with Crippen LogP contribution in [0.2, 0.25) is 10.0 Å². The van der Waals surface area contributed by atoms with E-state index in [2.05, 4.69) is 16.1 Å². The summed E-state index contributed by atoms with van der Waals surface area (Å²) in [5, 5.41) is 1.13. The molecule has 0 fully saturated rings. The van der Waals surface area contributed by atoms with Crippen LogP contribution in [0.1, 0.15) is 17.3 Å². The van der Waals surface area contributed by atoms with E-state index in [4.69, 9.17) is 27.9 Å². The maximum atomic E-state index is 6.40. The standard InChI is InChI=1S/C15H14Cl2N2O/c1-2-7-20-12-4-3-11(16)15(17)14(12)10-8-13-18-5-6-19(13)9-10/h2-6,10H,1,7-9H2/t10-/m1/s1. The molecule has 0 saturated carbocycles. The zero-order valence-corrected chi connectivity index (χ0v) is 12.4. The van der Waals surface area contributed by atoms with Crippen LogP contribution in [-0.4, -0.2) is 16.2 Å². The molecule has 1 aromatic carbocycles. The van der Waals surface area contributed by atoms with Crippen molar-refractivity contribution in [1.29, 1.82) is 0 Å². The Morgan fingerprint density at radius 3 is 3.05 bits per heavy atom. The zero-order chi connectivity index (χ0) is 14.1. The Kier molecular flexibility index (Phi) is 3.72. The van der Waals surface area contributed by atoms with Crippen molar-refractivity contribution in [3.8, 4) is 5.75 Å². The van der Waals surface area contributed by atoms with E-state index in [9.17, 15) is 0 Å². The first kappa shape index (κ1) is 13.5. The van der Waals surface area contributed by atoms with Gasteiger partial charge in [-0.1, -0.05) is 35.9 Å². The molecule has 3 nitrogen and oxygen atoms in total. The average Bonchev–Trinajstić information content (AvgIpc) is 3.01. The van der Waals surface area contributed by atoms with Crippen molar-refractivity contribution in [1.82, 2.24) is 9.55 Å². The van der Waals surface area contributed by atoms with Crippen molar-refractivity contribution >= 4 is 23.2 Å². The number of fused-ring (bicyclic) bond motifs is 1. The van der Waals surface area contributed by atoms with Gasteiger partial charge in [0.15, 0.2) is 0 Å². The quantitative estimate of drug-likeness (QED) is 0.795. The highest BCUT2D eigenvalue weighted by Crippen LogP contribution is 2.42. The lowest BCUT2D eigenvalue weighted by atomic mass is 9.96. The van der Waals surface area contributed by atoms with E-state index in [0.29, 0.717) is 16.7 Å². The molecule has 0 radical (unpaired) electrons. The van der Waals surface area contributed by atoms with Crippen LogP contribution in [-0.2, 0) is 13.0 Å². The van der Waals surface area contributed by atoms with E-state index in [1.807, 2.05) is 18.5 Å². The first-order chi connectivity index (χ1) is 9.70. The van der Waals surface area contributed by atoms with Gasteiger partial charge in [0, 0.05) is 36.8 Å². The molecule has 0 spiro atoms. The van der Waals surface area contributed by atoms with Crippen molar-refractivity contribution in [2.24, 2.45) is 0 Å². The summed E-state index contributed by atoms with van der Waals surface area (Å²) in [7, 11) is 0. The summed E-state index contributed by atoms with van der Waals surface area (Å²) in [5.74, 6) is 2.08. The number of hydrogen-bond donors (Lipinski definition) is 0. The maximum absolute atomic E-state index is 6.40. The molecule has 2 aromatic rings. The summed E-state index contributed by atoms with van der Waals surface area (Å²) in [5.41, 5.74) is 0.964. The number of aromatic nitrogens is 2. The Balaban J connectivity index is 1.97. The lowest BCUT2D eigenvalue weighted by molar-refractivity contribution is 0.355. The Morgan fingerprint density at radius 2 is 2.30 bits per heavy atom. The van der Waals surface area contributed by atoms with Gasteiger partial charge < -0.3 is 9.30 Å². The number of halogens is 2. The van der Waals surface area contributed by atoms with E-state index in [1.54, 1.807) is 12.1 Å². The number of imidazole rings is 1. The van der Waals surface area contributed by atoms with E-state index in [0.717, 1.165) is 30.1 Å². The normalized spacial score (nSPS) is 17.0. The van der Waals surface area contributed by atoms with Gasteiger partial charge in [0.25, 0.3) is 0 Å². The minimum absolute atomic E-state index is 0.240. The molecule has 0 N–H and O–H groups in total. The summed E-state index contributed by atoms with van der Waals surface area (Å²) < 4.78 is 7.86. The summed E-state index contributed by atoms with van der Waals surface area (Å²) in [6.07, 6.45) is 6.36. The maximum Gasteiger partial charge on any atom is 0.124 e. The Morgan fingerprint density at radius 1 is 1.45 bits per heavy atom. The summed E-state index contributed by atoms with van der Waals surface area (Å²) >= 11 is 12.6. The fourth-order valence-electron chi connectivity index (χ4n) is 2.62. The first-order valence-corrected chi connectivity index (χ1v) is 7.18. The molecule has 1 atom stereocenters. The molecule has 0 saturated heterocycles. The zero-order valence-electron chi connectivity index (χ0n) is 10.9. The summed E-state index contributed by atoms with van der Waals surface area (Å²) in [4.78, 5) is 4.35. The minimum Gasteiger partial charge on any atom is -0.489 e. The van der Waals surface area contributed by atoms with Gasteiger partial charge in [-0.05, 0) is 12.1 Å². The van der Waals surface area contributed by atoms with Crippen molar-refractivity contribution < 1.29 is 4.74 Å². The van der Waals surface area contributed by atoms with E-state index < -0.39 is 0 Å². The van der Waals surface area contributed by atoms with Crippen LogP contribution in [0.3, 0.4) is 0 Å². The van der Waals surface area contributed by atoms with E-state index >= 15 is 0 Å². The van der Waals surface area contributed by atoms with Crippen LogP contribution in [0.25, 0.3) is 0 Å². The Bertz CT molecular complexity index is 631. The second kappa shape index (κ2) is 5.51. The van der Waals surface area contributed by atoms with Crippen LogP contribution >= 0.6 is 23.2 Å². The Hall–Kier alpha value is -1.45. The second-order valence-corrected chi connectivity index (χ2v) is 5.55. The van der Waals surface area contributed by atoms with Crippen molar-refractivity contribution in [3.05, 3.63) is 58.6 Å². The summed E-state index contributed by atoms with van der Waals surface area (Å²) in [6, 6.07) is 3.63. The summed E-state index contributed by atoms with van der Waals surface area (Å²) in [6.45, 7) is 4.96. The number of hydrogen-bond acceptors (Lipinski definition) is 2. The topological polar surface area (TPSA) is 27.1 Å². The lowest BCUT2D eigenvalue weighted by Gasteiger charge is -2.17. The molecule has 0 bridgehead atoms. The number of nitrogens with zero attached hydrogens (tertiary/aromatic N) is 2. The molecule has 2 heterocycles. The largest absolute Gasteiger partial charge is 0.489 e. The SMILES string of the molecule is C=CCOc1ccc(Cl)c(Cl)c1[C@@H]1Cc2nccn2C1. The molecule has 1 aliphatic heterocycles. The number of rotatable bonds is 4. The van der Waals surface area contributed by atoms with Crippen LogP contribution in [0, 0.1) is 0 Å². The molecular formula is C15H14Cl2N2O.